The van der Waals surface area contributed by atoms with Crippen LogP contribution in [0.4, 0.5) is 11.4 Å². The van der Waals surface area contributed by atoms with Gasteiger partial charge in [-0.1, -0.05) is 18.2 Å². The minimum atomic E-state index is -3.79. The Morgan fingerprint density at radius 3 is 2.57 bits per heavy atom. The highest BCUT2D eigenvalue weighted by atomic mass is 32.2. The van der Waals surface area contributed by atoms with E-state index in [4.69, 9.17) is 5.84 Å². The molecule has 21 heavy (non-hydrogen) atoms. The Bertz CT molecular complexity index is 731. The number of para-hydroxylation sites is 1. The number of nitrogens with one attached hydrogen (secondary N) is 1. The van der Waals surface area contributed by atoms with Crippen molar-refractivity contribution < 1.29 is 8.42 Å². The molecule has 0 radical (unpaired) electrons. The topological polar surface area (TPSA) is 88.3 Å². The summed E-state index contributed by atoms with van der Waals surface area (Å²) in [5.74, 6) is 5.38. The SMILES string of the molecule is CCN(c1ccccc1C)S(=O)(=O)c1ncccc1NN. The lowest BCUT2D eigenvalue weighted by atomic mass is 10.2. The Labute approximate surface area is 124 Å². The van der Waals surface area contributed by atoms with Crippen LogP contribution in [0, 0.1) is 6.92 Å². The second-order valence-corrected chi connectivity index (χ2v) is 6.23. The van der Waals surface area contributed by atoms with Crippen LogP contribution in [0.2, 0.25) is 0 Å². The summed E-state index contributed by atoms with van der Waals surface area (Å²) >= 11 is 0. The van der Waals surface area contributed by atoms with Gasteiger partial charge in [-0.15, -0.1) is 0 Å². The van der Waals surface area contributed by atoms with E-state index in [1.807, 2.05) is 19.1 Å². The number of nitrogens with two attached hydrogens (primary N) is 1. The first-order valence-corrected chi connectivity index (χ1v) is 7.96. The van der Waals surface area contributed by atoms with Crippen LogP contribution in [0.3, 0.4) is 0 Å². The minimum absolute atomic E-state index is 0.0856. The predicted octanol–water partition coefficient (Wildman–Crippen LogP) is 1.89. The van der Waals surface area contributed by atoms with E-state index in [9.17, 15) is 8.42 Å². The average molecular weight is 306 g/mol. The standard InChI is InChI=1S/C14H18N4O2S/c1-3-18(13-9-5-4-7-11(13)2)21(19,20)14-12(17-15)8-6-10-16-14/h4-10,17H,3,15H2,1-2H3. The van der Waals surface area contributed by atoms with Crippen molar-refractivity contribution in [1.29, 1.82) is 0 Å². The fourth-order valence-electron chi connectivity index (χ4n) is 2.12. The first-order chi connectivity index (χ1) is 10.0. The third-order valence-corrected chi connectivity index (χ3v) is 4.98. The summed E-state index contributed by atoms with van der Waals surface area (Å²) < 4.78 is 27.1. The third kappa shape index (κ3) is 2.84. The molecule has 0 amide bonds. The van der Waals surface area contributed by atoms with Gasteiger partial charge in [0.15, 0.2) is 0 Å². The van der Waals surface area contributed by atoms with Crippen molar-refractivity contribution in [3.05, 3.63) is 48.2 Å². The fourth-order valence-corrected chi connectivity index (χ4v) is 3.74. The molecule has 0 fully saturated rings. The number of anilines is 2. The summed E-state index contributed by atoms with van der Waals surface area (Å²) in [4.78, 5) is 3.97. The number of rotatable bonds is 5. The molecule has 0 aliphatic carbocycles. The van der Waals surface area contributed by atoms with Crippen LogP contribution in [0.25, 0.3) is 0 Å². The first-order valence-electron chi connectivity index (χ1n) is 6.52. The van der Waals surface area contributed by atoms with Crippen LogP contribution in [-0.4, -0.2) is 19.9 Å². The second-order valence-electron chi connectivity index (χ2n) is 4.46. The van der Waals surface area contributed by atoms with Crippen LogP contribution in [0.1, 0.15) is 12.5 Å². The second kappa shape index (κ2) is 6.11. The largest absolute Gasteiger partial charge is 0.321 e. The molecular formula is C14H18N4O2S. The Morgan fingerprint density at radius 1 is 1.24 bits per heavy atom. The number of hydrogen-bond donors (Lipinski definition) is 2. The number of sulfonamides is 1. The van der Waals surface area contributed by atoms with Crippen molar-refractivity contribution in [1.82, 2.24) is 4.98 Å². The molecule has 1 heterocycles. The highest BCUT2D eigenvalue weighted by molar-refractivity contribution is 7.92. The number of pyridine rings is 1. The van der Waals surface area contributed by atoms with Gasteiger partial charge >= 0.3 is 0 Å². The van der Waals surface area contributed by atoms with Crippen molar-refractivity contribution in [2.24, 2.45) is 5.84 Å². The van der Waals surface area contributed by atoms with Crippen molar-refractivity contribution in [3.63, 3.8) is 0 Å². The molecule has 7 heteroatoms. The lowest BCUT2D eigenvalue weighted by Crippen LogP contribution is -2.32. The molecule has 112 valence electrons. The molecule has 0 saturated heterocycles. The summed E-state index contributed by atoms with van der Waals surface area (Å²) in [7, 11) is -3.79. The molecule has 6 nitrogen and oxygen atoms in total. The van der Waals surface area contributed by atoms with Gasteiger partial charge in [0, 0.05) is 12.7 Å². The smallest absolute Gasteiger partial charge is 0.283 e. The Morgan fingerprint density at radius 2 is 1.95 bits per heavy atom. The van der Waals surface area contributed by atoms with Crippen LogP contribution < -0.4 is 15.6 Å². The number of benzene rings is 1. The average Bonchev–Trinajstić information content (AvgIpc) is 2.49. The van der Waals surface area contributed by atoms with Gasteiger partial charge in [-0.3, -0.25) is 10.1 Å². The zero-order valence-electron chi connectivity index (χ0n) is 11.9. The van der Waals surface area contributed by atoms with Crippen molar-refractivity contribution in [3.8, 4) is 0 Å². The van der Waals surface area contributed by atoms with E-state index in [2.05, 4.69) is 10.4 Å². The van der Waals surface area contributed by atoms with Gasteiger partial charge < -0.3 is 5.43 Å². The van der Waals surface area contributed by atoms with Gasteiger partial charge in [0.05, 0.1) is 11.4 Å². The summed E-state index contributed by atoms with van der Waals surface area (Å²) in [6.07, 6.45) is 1.43. The molecule has 0 saturated carbocycles. The van der Waals surface area contributed by atoms with E-state index in [1.165, 1.54) is 10.5 Å². The maximum atomic E-state index is 12.9. The quantitative estimate of drug-likeness (QED) is 0.650. The maximum Gasteiger partial charge on any atom is 0.283 e. The zero-order chi connectivity index (χ0) is 15.5. The third-order valence-electron chi connectivity index (χ3n) is 3.13. The molecule has 1 aromatic heterocycles. The summed E-state index contributed by atoms with van der Waals surface area (Å²) in [6, 6.07) is 10.5. The van der Waals surface area contributed by atoms with Crippen molar-refractivity contribution in [2.75, 3.05) is 16.3 Å². The molecule has 3 N–H and O–H groups in total. The van der Waals surface area contributed by atoms with Gasteiger partial charge in [-0.2, -0.15) is 8.42 Å². The van der Waals surface area contributed by atoms with Crippen LogP contribution >= 0.6 is 0 Å². The first kappa shape index (κ1) is 15.3. The summed E-state index contributed by atoms with van der Waals surface area (Å²) in [5.41, 5.74) is 4.16. The van der Waals surface area contributed by atoms with Crippen LogP contribution in [0.15, 0.2) is 47.6 Å². The lowest BCUT2D eigenvalue weighted by Gasteiger charge is -2.24. The monoisotopic (exact) mass is 306 g/mol. The Hall–Kier alpha value is -2.12. The molecule has 0 unspecified atom stereocenters. The van der Waals surface area contributed by atoms with Gasteiger partial charge in [-0.25, -0.2) is 4.98 Å². The Balaban J connectivity index is 2.58. The maximum absolute atomic E-state index is 12.9. The van der Waals surface area contributed by atoms with E-state index in [0.717, 1.165) is 5.56 Å². The van der Waals surface area contributed by atoms with E-state index in [1.54, 1.807) is 31.2 Å². The zero-order valence-corrected chi connectivity index (χ0v) is 12.8. The molecule has 0 bridgehead atoms. The molecule has 0 aliphatic heterocycles. The Kier molecular flexibility index (Phi) is 4.44. The van der Waals surface area contributed by atoms with Crippen LogP contribution in [-0.2, 0) is 10.0 Å². The van der Waals surface area contributed by atoms with Crippen molar-refractivity contribution >= 4 is 21.4 Å². The normalized spacial score (nSPS) is 11.2. The van der Waals surface area contributed by atoms with Gasteiger partial charge in [0.1, 0.15) is 0 Å². The highest BCUT2D eigenvalue weighted by Crippen LogP contribution is 2.28. The summed E-state index contributed by atoms with van der Waals surface area (Å²) in [5, 5.41) is -0.0856. The minimum Gasteiger partial charge on any atom is -0.321 e. The van der Waals surface area contributed by atoms with Crippen LogP contribution in [0.5, 0.6) is 0 Å². The number of nitrogens with zero attached hydrogens (tertiary/aromatic N) is 2. The number of nitrogen functional groups attached to an aromatic ring is 1. The summed E-state index contributed by atoms with van der Waals surface area (Å²) in [6.45, 7) is 3.95. The molecular weight excluding hydrogens is 288 g/mol. The molecule has 1 aromatic carbocycles. The molecule has 0 atom stereocenters. The van der Waals surface area contributed by atoms with E-state index >= 15 is 0 Å². The van der Waals surface area contributed by atoms with Gasteiger partial charge in [0.25, 0.3) is 10.0 Å². The highest BCUT2D eigenvalue weighted by Gasteiger charge is 2.28. The lowest BCUT2D eigenvalue weighted by molar-refractivity contribution is 0.588. The molecule has 0 spiro atoms. The number of hydrazine groups is 1. The number of hydrogen-bond acceptors (Lipinski definition) is 5. The molecule has 2 aromatic rings. The fraction of sp³-hybridized carbons (Fsp3) is 0.214. The van der Waals surface area contributed by atoms with Gasteiger partial charge in [-0.05, 0) is 37.6 Å². The molecule has 2 rings (SSSR count). The van der Waals surface area contributed by atoms with Gasteiger partial charge in [0.2, 0.25) is 5.03 Å². The number of aryl methyl sites for hydroxylation is 1. The van der Waals surface area contributed by atoms with E-state index in [-0.39, 0.29) is 10.7 Å². The van der Waals surface area contributed by atoms with Crippen molar-refractivity contribution in [2.45, 2.75) is 18.9 Å². The molecule has 0 aliphatic rings. The number of aromatic nitrogens is 1. The van der Waals surface area contributed by atoms with E-state index in [0.29, 0.717) is 12.2 Å². The van der Waals surface area contributed by atoms with E-state index < -0.39 is 10.0 Å². The predicted molar refractivity (Wildman–Crippen MR) is 83.4 cm³/mol.